The molecule has 0 saturated heterocycles. The highest BCUT2D eigenvalue weighted by molar-refractivity contribution is 6.30. The third-order valence-corrected chi connectivity index (χ3v) is 5.69. The number of fused-ring (bicyclic) bond motifs is 2. The van der Waals surface area contributed by atoms with Gasteiger partial charge in [0.25, 0.3) is 5.91 Å². The highest BCUT2D eigenvalue weighted by atomic mass is 35.5. The minimum Gasteiger partial charge on any atom is -0.486 e. The second kappa shape index (κ2) is 8.20. The van der Waals surface area contributed by atoms with Crippen LogP contribution in [0.25, 0.3) is 0 Å². The van der Waals surface area contributed by atoms with Crippen LogP contribution in [-0.4, -0.2) is 33.9 Å². The van der Waals surface area contributed by atoms with Gasteiger partial charge in [-0.05, 0) is 48.9 Å². The van der Waals surface area contributed by atoms with Gasteiger partial charge in [-0.15, -0.1) is 0 Å². The molecule has 2 aromatic carbocycles. The number of rotatable bonds is 4. The lowest BCUT2D eigenvalue weighted by molar-refractivity contribution is -0.113. The van der Waals surface area contributed by atoms with Crippen LogP contribution in [0.5, 0.6) is 11.5 Å². The maximum atomic E-state index is 13.5. The maximum absolute atomic E-state index is 13.5. The van der Waals surface area contributed by atoms with Gasteiger partial charge in [0.15, 0.2) is 17.3 Å². The second-order valence-corrected chi connectivity index (χ2v) is 8.02. The van der Waals surface area contributed by atoms with Crippen molar-refractivity contribution in [2.75, 3.05) is 23.8 Å². The van der Waals surface area contributed by atoms with E-state index in [-0.39, 0.29) is 5.91 Å². The van der Waals surface area contributed by atoms with Crippen molar-refractivity contribution in [3.8, 4) is 11.5 Å². The monoisotopic (exact) mass is 451 g/mol. The molecule has 164 valence electrons. The topological polar surface area (TPSA) is 90.3 Å². The molecule has 0 aliphatic carbocycles. The first kappa shape index (κ1) is 20.4. The summed E-state index contributed by atoms with van der Waals surface area (Å²) in [5, 5.41) is 11.5. The predicted molar refractivity (Wildman–Crippen MR) is 121 cm³/mol. The zero-order chi connectivity index (χ0) is 22.2. The predicted octanol–water partition coefficient (Wildman–Crippen LogP) is 4.19. The van der Waals surface area contributed by atoms with Gasteiger partial charge in [-0.1, -0.05) is 24.6 Å². The lowest BCUT2D eigenvalue weighted by Crippen LogP contribution is -2.31. The number of carbonyl (C=O) groups excluding carboxylic acids is 1. The minimum atomic E-state index is -0.484. The number of aryl methyl sites for hydroxylation is 1. The van der Waals surface area contributed by atoms with E-state index in [4.69, 9.17) is 21.1 Å². The Labute approximate surface area is 190 Å². The second-order valence-electron chi connectivity index (χ2n) is 7.58. The van der Waals surface area contributed by atoms with Gasteiger partial charge < -0.3 is 20.1 Å². The molecular weight excluding hydrogens is 430 g/mol. The van der Waals surface area contributed by atoms with E-state index < -0.39 is 6.04 Å². The standard InChI is InChI=1S/C23H22ClN5O3/c1-3-19-27-23-25-13(2)20(22(30)26-16-7-5-15(24)6-8-16)21(29(23)28-19)14-4-9-17-18(12-14)32-11-10-31-17/h4-9,12,21H,3,10-11H2,1-2H3,(H,26,30)(H,25,27,28). The summed E-state index contributed by atoms with van der Waals surface area (Å²) in [7, 11) is 0. The van der Waals surface area contributed by atoms with Crippen molar-refractivity contribution in [3.63, 3.8) is 0 Å². The molecule has 8 nitrogen and oxygen atoms in total. The molecule has 3 aromatic rings. The molecule has 2 aliphatic heterocycles. The van der Waals surface area contributed by atoms with Crippen molar-refractivity contribution in [3.05, 3.63) is 70.1 Å². The van der Waals surface area contributed by atoms with Gasteiger partial charge in [-0.25, -0.2) is 4.68 Å². The number of hydrogen-bond acceptors (Lipinski definition) is 6. The number of anilines is 2. The van der Waals surface area contributed by atoms with E-state index >= 15 is 0 Å². The van der Waals surface area contributed by atoms with E-state index in [1.165, 1.54) is 0 Å². The first-order valence-corrected chi connectivity index (χ1v) is 10.8. The van der Waals surface area contributed by atoms with Gasteiger partial charge in [0.1, 0.15) is 19.3 Å². The van der Waals surface area contributed by atoms with Crippen LogP contribution >= 0.6 is 11.6 Å². The van der Waals surface area contributed by atoms with Crippen LogP contribution in [0.3, 0.4) is 0 Å². The lowest BCUT2D eigenvalue weighted by Gasteiger charge is -2.29. The van der Waals surface area contributed by atoms with Crippen molar-refractivity contribution >= 4 is 29.1 Å². The highest BCUT2D eigenvalue weighted by Crippen LogP contribution is 2.40. The molecule has 1 aromatic heterocycles. The fourth-order valence-corrected chi connectivity index (χ4v) is 4.03. The molecule has 5 rings (SSSR count). The Morgan fingerprint density at radius 2 is 1.94 bits per heavy atom. The van der Waals surface area contributed by atoms with Crippen LogP contribution in [0, 0.1) is 0 Å². The van der Waals surface area contributed by atoms with Crippen molar-refractivity contribution < 1.29 is 14.3 Å². The van der Waals surface area contributed by atoms with E-state index in [2.05, 4.69) is 20.7 Å². The third kappa shape index (κ3) is 3.67. The number of amides is 1. The van der Waals surface area contributed by atoms with Gasteiger partial charge in [-0.3, -0.25) is 4.79 Å². The van der Waals surface area contributed by atoms with Crippen LogP contribution in [0.15, 0.2) is 53.7 Å². The zero-order valence-electron chi connectivity index (χ0n) is 17.7. The normalized spacial score (nSPS) is 16.9. The molecule has 3 heterocycles. The van der Waals surface area contributed by atoms with Crippen LogP contribution < -0.4 is 20.1 Å². The van der Waals surface area contributed by atoms with E-state index in [1.807, 2.05) is 32.0 Å². The van der Waals surface area contributed by atoms with Crippen molar-refractivity contribution in [1.82, 2.24) is 14.8 Å². The van der Waals surface area contributed by atoms with Crippen LogP contribution in [-0.2, 0) is 11.2 Å². The third-order valence-electron chi connectivity index (χ3n) is 5.44. The average molecular weight is 452 g/mol. The van der Waals surface area contributed by atoms with Crippen LogP contribution in [0.1, 0.15) is 31.3 Å². The molecule has 0 bridgehead atoms. The van der Waals surface area contributed by atoms with Gasteiger partial charge in [-0.2, -0.15) is 10.1 Å². The molecule has 2 aliphatic rings. The number of halogens is 1. The Morgan fingerprint density at radius 3 is 2.69 bits per heavy atom. The maximum Gasteiger partial charge on any atom is 0.255 e. The fourth-order valence-electron chi connectivity index (χ4n) is 3.91. The van der Waals surface area contributed by atoms with Crippen molar-refractivity contribution in [2.45, 2.75) is 26.3 Å². The van der Waals surface area contributed by atoms with Gasteiger partial charge in [0.05, 0.1) is 5.57 Å². The van der Waals surface area contributed by atoms with E-state index in [9.17, 15) is 4.79 Å². The average Bonchev–Trinajstić information content (AvgIpc) is 3.22. The molecular formula is C23H22ClN5O3. The Hall–Kier alpha value is -3.52. The molecule has 1 amide bonds. The number of nitrogens with one attached hydrogen (secondary N) is 2. The SMILES string of the molecule is CCc1nc2n(n1)C(c1ccc3c(c1)OCCO3)C(C(=O)Nc1ccc(Cl)cc1)=C(C)N2. The lowest BCUT2D eigenvalue weighted by atomic mass is 9.94. The molecule has 0 fully saturated rings. The molecule has 1 unspecified atom stereocenters. The number of allylic oxidation sites excluding steroid dienone is 1. The van der Waals surface area contributed by atoms with E-state index in [0.717, 1.165) is 5.56 Å². The summed E-state index contributed by atoms with van der Waals surface area (Å²) in [6.45, 7) is 4.86. The Bertz CT molecular complexity index is 1220. The molecule has 9 heteroatoms. The van der Waals surface area contributed by atoms with Crippen LogP contribution in [0.4, 0.5) is 11.6 Å². The first-order valence-electron chi connectivity index (χ1n) is 10.4. The fraction of sp³-hybridized carbons (Fsp3) is 0.261. The summed E-state index contributed by atoms with van der Waals surface area (Å²) in [6.07, 6.45) is 0.681. The Kier molecular flexibility index (Phi) is 5.22. The molecule has 1 atom stereocenters. The zero-order valence-corrected chi connectivity index (χ0v) is 18.4. The summed E-state index contributed by atoms with van der Waals surface area (Å²) in [5.74, 6) is 2.40. The molecule has 32 heavy (non-hydrogen) atoms. The minimum absolute atomic E-state index is 0.239. The number of ether oxygens (including phenoxy) is 2. The van der Waals surface area contributed by atoms with Gasteiger partial charge >= 0.3 is 0 Å². The van der Waals surface area contributed by atoms with Gasteiger partial charge in [0, 0.05) is 22.8 Å². The van der Waals surface area contributed by atoms with Crippen molar-refractivity contribution in [1.29, 1.82) is 0 Å². The Morgan fingerprint density at radius 1 is 1.19 bits per heavy atom. The smallest absolute Gasteiger partial charge is 0.255 e. The summed E-state index contributed by atoms with van der Waals surface area (Å²) in [5.41, 5.74) is 2.75. The number of benzene rings is 2. The Balaban J connectivity index is 1.58. The number of carbonyl (C=O) groups is 1. The molecule has 2 N–H and O–H groups in total. The highest BCUT2D eigenvalue weighted by Gasteiger charge is 2.35. The largest absolute Gasteiger partial charge is 0.486 e. The van der Waals surface area contributed by atoms with E-state index in [0.29, 0.717) is 64.9 Å². The number of hydrogen-bond donors (Lipinski definition) is 2. The summed E-state index contributed by atoms with van der Waals surface area (Å²) < 4.78 is 13.2. The molecule has 0 spiro atoms. The molecule has 0 saturated carbocycles. The first-order chi connectivity index (χ1) is 15.5. The summed E-state index contributed by atoms with van der Waals surface area (Å²) in [6, 6.07) is 12.2. The van der Waals surface area contributed by atoms with Crippen LogP contribution in [0.2, 0.25) is 5.02 Å². The number of nitrogens with zero attached hydrogens (tertiary/aromatic N) is 3. The quantitative estimate of drug-likeness (QED) is 0.618. The van der Waals surface area contributed by atoms with Crippen molar-refractivity contribution in [2.24, 2.45) is 0 Å². The summed E-state index contributed by atoms with van der Waals surface area (Å²) in [4.78, 5) is 18.0. The number of aromatic nitrogens is 3. The molecule has 0 radical (unpaired) electrons. The van der Waals surface area contributed by atoms with Gasteiger partial charge in [0.2, 0.25) is 5.95 Å². The summed E-state index contributed by atoms with van der Waals surface area (Å²) >= 11 is 5.98. The van der Waals surface area contributed by atoms with E-state index in [1.54, 1.807) is 28.9 Å².